The van der Waals surface area contributed by atoms with E-state index in [1.54, 1.807) is 20.8 Å². The first-order valence-electron chi connectivity index (χ1n) is 13.1. The molecule has 0 amide bonds. The summed E-state index contributed by atoms with van der Waals surface area (Å²) in [4.78, 5) is 12.2. The molecule has 0 radical (unpaired) electrons. The average Bonchev–Trinajstić information content (AvgIpc) is 3.13. The predicted octanol–water partition coefficient (Wildman–Crippen LogP) is 2.93. The number of benzene rings is 1. The fourth-order valence-electron chi connectivity index (χ4n) is 4.13. The van der Waals surface area contributed by atoms with Crippen LogP contribution in [0.1, 0.15) is 71.3 Å². The average molecular weight is 535 g/mol. The summed E-state index contributed by atoms with van der Waals surface area (Å²) in [5.74, 6) is 0.542. The summed E-state index contributed by atoms with van der Waals surface area (Å²) in [5, 5.41) is 36.2. The lowest BCUT2D eigenvalue weighted by Crippen LogP contribution is -2.60. The fourth-order valence-corrected chi connectivity index (χ4v) is 4.13. The van der Waals surface area contributed by atoms with E-state index in [0.717, 1.165) is 22.6 Å². The third-order valence-electron chi connectivity index (χ3n) is 6.29. The van der Waals surface area contributed by atoms with Crippen LogP contribution in [-0.2, 0) is 20.7 Å². The molecule has 1 aliphatic rings. The first kappa shape index (κ1) is 29.9. The van der Waals surface area contributed by atoms with E-state index in [9.17, 15) is 20.1 Å². The van der Waals surface area contributed by atoms with Crippen molar-refractivity contribution in [1.82, 2.24) is 9.78 Å². The van der Waals surface area contributed by atoms with E-state index < -0.39 is 42.1 Å². The maximum Gasteiger partial charge on any atom is 0.311 e. The lowest BCUT2D eigenvalue weighted by atomic mass is 9.97. The minimum atomic E-state index is -1.57. The second-order valence-electron chi connectivity index (χ2n) is 11.4. The van der Waals surface area contributed by atoms with Crippen LogP contribution < -0.4 is 9.47 Å². The smallest absolute Gasteiger partial charge is 0.311 e. The largest absolute Gasteiger partial charge is 0.491 e. The number of carbonyl (C=O) groups excluding carboxylic acids is 1. The highest BCUT2D eigenvalue weighted by atomic mass is 16.7. The van der Waals surface area contributed by atoms with Crippen LogP contribution in [-0.4, -0.2) is 74.5 Å². The number of hydrogen-bond donors (Lipinski definition) is 3. The summed E-state index contributed by atoms with van der Waals surface area (Å²) in [5.41, 5.74) is 1.94. The number of aliphatic hydroxyl groups excluding tert-OH is 3. The summed E-state index contributed by atoms with van der Waals surface area (Å²) in [6, 6.07) is 7.81. The van der Waals surface area contributed by atoms with Crippen LogP contribution in [0.3, 0.4) is 0 Å². The van der Waals surface area contributed by atoms with Gasteiger partial charge in [-0.3, -0.25) is 9.48 Å². The molecule has 0 saturated carbocycles. The Hall–Kier alpha value is -2.66. The molecule has 0 spiro atoms. The van der Waals surface area contributed by atoms with E-state index in [4.69, 9.17) is 18.9 Å². The second kappa shape index (κ2) is 12.0. The fraction of sp³-hybridized carbons (Fsp3) is 0.643. The van der Waals surface area contributed by atoms with E-state index >= 15 is 0 Å². The molecule has 1 fully saturated rings. The number of carbonyl (C=O) groups is 1. The minimum Gasteiger partial charge on any atom is -0.491 e. The van der Waals surface area contributed by atoms with Gasteiger partial charge >= 0.3 is 5.97 Å². The van der Waals surface area contributed by atoms with E-state index in [-0.39, 0.29) is 24.6 Å². The van der Waals surface area contributed by atoms with Crippen LogP contribution in [0.5, 0.6) is 11.6 Å². The van der Waals surface area contributed by atoms with E-state index in [1.807, 2.05) is 63.6 Å². The Morgan fingerprint density at radius 1 is 1.05 bits per heavy atom. The number of esters is 1. The van der Waals surface area contributed by atoms with E-state index in [1.165, 1.54) is 0 Å². The zero-order valence-electron chi connectivity index (χ0n) is 23.5. The van der Waals surface area contributed by atoms with Gasteiger partial charge in [0.2, 0.25) is 12.2 Å². The zero-order valence-corrected chi connectivity index (χ0v) is 23.5. The molecule has 3 rings (SSSR count). The number of aromatic nitrogens is 2. The van der Waals surface area contributed by atoms with Crippen LogP contribution in [0, 0.1) is 12.3 Å². The van der Waals surface area contributed by atoms with Crippen LogP contribution in [0.2, 0.25) is 0 Å². The Morgan fingerprint density at radius 2 is 1.68 bits per heavy atom. The van der Waals surface area contributed by atoms with Crippen molar-refractivity contribution in [2.75, 3.05) is 6.61 Å². The molecule has 1 saturated heterocycles. The molecule has 2 heterocycles. The molecule has 5 atom stereocenters. The van der Waals surface area contributed by atoms with Gasteiger partial charge in [0.05, 0.1) is 11.5 Å². The third kappa shape index (κ3) is 7.05. The Labute approximate surface area is 224 Å². The first-order chi connectivity index (χ1) is 17.7. The van der Waals surface area contributed by atoms with Gasteiger partial charge in [-0.1, -0.05) is 12.1 Å². The lowest BCUT2D eigenvalue weighted by molar-refractivity contribution is -0.279. The van der Waals surface area contributed by atoms with E-state index in [2.05, 4.69) is 5.10 Å². The monoisotopic (exact) mass is 534 g/mol. The molecule has 1 aromatic carbocycles. The number of ether oxygens (including phenoxy) is 4. The summed E-state index contributed by atoms with van der Waals surface area (Å²) in [7, 11) is 0. The Kier molecular flexibility index (Phi) is 9.46. The van der Waals surface area contributed by atoms with Crippen LogP contribution >= 0.6 is 0 Å². The van der Waals surface area contributed by atoms with Crippen molar-refractivity contribution in [1.29, 1.82) is 0 Å². The molecule has 1 aliphatic heterocycles. The number of aliphatic hydroxyl groups is 3. The number of rotatable bonds is 9. The maximum absolute atomic E-state index is 12.2. The van der Waals surface area contributed by atoms with Crippen molar-refractivity contribution in [2.24, 2.45) is 5.41 Å². The van der Waals surface area contributed by atoms with Gasteiger partial charge in [0.25, 0.3) is 0 Å². The minimum absolute atomic E-state index is 0.0436. The molecular formula is C28H42N2O8. The highest BCUT2D eigenvalue weighted by Crippen LogP contribution is 2.31. The zero-order chi connectivity index (χ0) is 28.4. The summed E-state index contributed by atoms with van der Waals surface area (Å²) in [6.45, 7) is 14.7. The SMILES string of the molecule is Cc1c(Cc2ccc(OC(C)C)cc2)c(O[C@@H]2O[C@H](COC(=O)C(C)(C)C)[C@@H](O)[C@H](O)[C@H]2O)nn1C(C)C. The molecule has 38 heavy (non-hydrogen) atoms. The molecule has 10 heteroatoms. The molecule has 2 aromatic rings. The lowest BCUT2D eigenvalue weighted by Gasteiger charge is -2.39. The highest BCUT2D eigenvalue weighted by molar-refractivity contribution is 5.75. The van der Waals surface area contributed by atoms with Crippen molar-refractivity contribution < 1.29 is 39.1 Å². The molecule has 10 nitrogen and oxygen atoms in total. The van der Waals surface area contributed by atoms with Gasteiger partial charge in [-0.25, -0.2) is 0 Å². The van der Waals surface area contributed by atoms with Gasteiger partial charge in [0.15, 0.2) is 0 Å². The Balaban J connectivity index is 1.83. The van der Waals surface area contributed by atoms with Crippen LogP contribution in [0.15, 0.2) is 24.3 Å². The molecule has 0 aliphatic carbocycles. The standard InChI is InChI=1S/C28H42N2O8/c1-15(2)30-17(5)20(13-18-9-11-19(12-10-18)36-16(3)4)25(29-30)38-26-24(33)23(32)22(31)21(37-26)14-35-27(34)28(6,7)8/h9-12,15-16,21-24,26,31-33H,13-14H2,1-8H3/t21-,22-,23+,24-,26+/m1/s1. The second-order valence-corrected chi connectivity index (χ2v) is 11.4. The van der Waals surface area contributed by atoms with Crippen molar-refractivity contribution >= 4 is 5.97 Å². The van der Waals surface area contributed by atoms with Crippen LogP contribution in [0.4, 0.5) is 0 Å². The molecule has 1 aromatic heterocycles. The molecule has 3 N–H and O–H groups in total. The van der Waals surface area contributed by atoms with Crippen LogP contribution in [0.25, 0.3) is 0 Å². The topological polar surface area (TPSA) is 132 Å². The van der Waals surface area contributed by atoms with Gasteiger partial charge in [0, 0.05) is 23.7 Å². The highest BCUT2D eigenvalue weighted by Gasteiger charge is 2.46. The quantitative estimate of drug-likeness (QED) is 0.415. The number of nitrogens with zero attached hydrogens (tertiary/aromatic N) is 2. The normalized spacial score (nSPS) is 24.1. The van der Waals surface area contributed by atoms with Gasteiger partial charge in [-0.15, -0.1) is 5.10 Å². The number of hydrogen-bond acceptors (Lipinski definition) is 9. The molecular weight excluding hydrogens is 492 g/mol. The maximum atomic E-state index is 12.2. The van der Waals surface area contributed by atoms with Gasteiger partial charge in [-0.05, 0) is 73.1 Å². The summed E-state index contributed by atoms with van der Waals surface area (Å²) >= 11 is 0. The Morgan fingerprint density at radius 3 is 2.24 bits per heavy atom. The summed E-state index contributed by atoms with van der Waals surface area (Å²) < 4.78 is 24.7. The van der Waals surface area contributed by atoms with Crippen molar-refractivity contribution in [3.05, 3.63) is 41.1 Å². The Bertz CT molecular complexity index is 1070. The van der Waals surface area contributed by atoms with E-state index in [0.29, 0.717) is 6.42 Å². The van der Waals surface area contributed by atoms with Crippen molar-refractivity contribution in [2.45, 2.75) is 105 Å². The summed E-state index contributed by atoms with van der Waals surface area (Å²) in [6.07, 6.45) is -6.47. The van der Waals surface area contributed by atoms with Gasteiger partial charge in [-0.2, -0.15) is 0 Å². The predicted molar refractivity (Wildman–Crippen MR) is 140 cm³/mol. The molecule has 0 unspecified atom stereocenters. The van der Waals surface area contributed by atoms with Gasteiger partial charge in [0.1, 0.15) is 36.8 Å². The van der Waals surface area contributed by atoms with Crippen molar-refractivity contribution in [3.8, 4) is 11.6 Å². The molecule has 212 valence electrons. The first-order valence-corrected chi connectivity index (χ1v) is 13.1. The van der Waals surface area contributed by atoms with Crippen molar-refractivity contribution in [3.63, 3.8) is 0 Å². The molecule has 0 bridgehead atoms. The third-order valence-corrected chi connectivity index (χ3v) is 6.29. The van der Waals surface area contributed by atoms with Gasteiger partial charge < -0.3 is 34.3 Å².